The summed E-state index contributed by atoms with van der Waals surface area (Å²) in [6.07, 6.45) is 6.74. The van der Waals surface area contributed by atoms with E-state index in [-0.39, 0.29) is 41.0 Å². The highest BCUT2D eigenvalue weighted by Crippen LogP contribution is 2.28. The fourth-order valence-electron chi connectivity index (χ4n) is 4.03. The van der Waals surface area contributed by atoms with Crippen molar-refractivity contribution in [3.8, 4) is 17.1 Å². The maximum atomic E-state index is 14.5. The van der Waals surface area contributed by atoms with Gasteiger partial charge in [-0.1, -0.05) is 0 Å². The summed E-state index contributed by atoms with van der Waals surface area (Å²) < 4.78 is 19.9. The van der Waals surface area contributed by atoms with Gasteiger partial charge in [0, 0.05) is 49.2 Å². The zero-order valence-corrected chi connectivity index (χ0v) is 18.5. The number of hydrogen-bond acceptors (Lipinski definition) is 8. The molecule has 0 radical (unpaired) electrons. The molecule has 2 aromatic heterocycles. The lowest BCUT2D eigenvalue weighted by Crippen LogP contribution is -2.43. The average molecular weight is 451 g/mol. The summed E-state index contributed by atoms with van der Waals surface area (Å²) in [5.74, 6) is -0.257. The molecule has 1 aliphatic heterocycles. The highest BCUT2D eigenvalue weighted by molar-refractivity contribution is 6.00. The van der Waals surface area contributed by atoms with Gasteiger partial charge in [-0.25, -0.2) is 14.4 Å². The molecule has 3 heterocycles. The topological polar surface area (TPSA) is 120 Å². The van der Waals surface area contributed by atoms with Crippen LogP contribution in [0.4, 0.5) is 15.8 Å². The number of ketones is 1. The van der Waals surface area contributed by atoms with E-state index in [0.29, 0.717) is 12.4 Å². The molecule has 0 bridgehead atoms. The molecule has 0 aliphatic carbocycles. The van der Waals surface area contributed by atoms with Gasteiger partial charge in [0.25, 0.3) is 0 Å². The smallest absolute Gasteiger partial charge is 0.187 e. The number of ether oxygens (including phenoxy) is 1. The van der Waals surface area contributed by atoms with Crippen LogP contribution in [0.1, 0.15) is 35.8 Å². The van der Waals surface area contributed by atoms with Gasteiger partial charge in [0.05, 0.1) is 24.1 Å². The quantitative estimate of drug-likeness (QED) is 0.527. The highest BCUT2D eigenvalue weighted by atomic mass is 19.1. The first-order valence-corrected chi connectivity index (χ1v) is 11.0. The van der Waals surface area contributed by atoms with E-state index < -0.39 is 5.82 Å². The van der Waals surface area contributed by atoms with Crippen molar-refractivity contribution in [2.45, 2.75) is 32.2 Å². The van der Waals surface area contributed by atoms with Crippen molar-refractivity contribution in [3.05, 3.63) is 59.9 Å². The molecular formula is C24H27FN6O2. The minimum Gasteiger partial charge on any atom is -0.494 e. The number of nitrogen functional groups attached to an aromatic ring is 1. The monoisotopic (exact) mass is 450 g/mol. The van der Waals surface area contributed by atoms with E-state index in [1.807, 2.05) is 13.0 Å². The predicted molar refractivity (Wildman–Crippen MR) is 125 cm³/mol. The SMILES string of the molecule is CCOc1ccc(F)c(-c2ncc(N)c(C(=O)Cc3cnccc3N3CCC[C@H](N)C3)n2)c1. The third-order valence-corrected chi connectivity index (χ3v) is 5.60. The van der Waals surface area contributed by atoms with Gasteiger partial charge >= 0.3 is 0 Å². The van der Waals surface area contributed by atoms with Crippen LogP contribution >= 0.6 is 0 Å². The Kier molecular flexibility index (Phi) is 6.79. The van der Waals surface area contributed by atoms with E-state index in [0.717, 1.165) is 37.2 Å². The Bertz CT molecular complexity index is 1160. The Balaban J connectivity index is 1.63. The Hall–Kier alpha value is -3.59. The Labute approximate surface area is 191 Å². The zero-order valence-electron chi connectivity index (χ0n) is 18.5. The molecular weight excluding hydrogens is 423 g/mol. The Morgan fingerprint density at radius 1 is 1.30 bits per heavy atom. The second-order valence-corrected chi connectivity index (χ2v) is 8.02. The van der Waals surface area contributed by atoms with Crippen LogP contribution in [0.15, 0.2) is 42.9 Å². The van der Waals surface area contributed by atoms with Crippen LogP contribution in [0, 0.1) is 5.82 Å². The van der Waals surface area contributed by atoms with Crippen molar-refractivity contribution < 1.29 is 13.9 Å². The molecule has 1 saturated heterocycles. The van der Waals surface area contributed by atoms with Crippen molar-refractivity contribution in [1.29, 1.82) is 0 Å². The molecule has 8 nitrogen and oxygen atoms in total. The molecule has 0 saturated carbocycles. The molecule has 1 aromatic carbocycles. The van der Waals surface area contributed by atoms with Gasteiger partial charge in [-0.3, -0.25) is 9.78 Å². The molecule has 1 fully saturated rings. The van der Waals surface area contributed by atoms with Crippen LogP contribution in [0.3, 0.4) is 0 Å². The number of carbonyl (C=O) groups excluding carboxylic acids is 1. The number of rotatable bonds is 7. The van der Waals surface area contributed by atoms with E-state index in [2.05, 4.69) is 19.9 Å². The molecule has 33 heavy (non-hydrogen) atoms. The minimum absolute atomic E-state index is 0.0476. The van der Waals surface area contributed by atoms with Crippen molar-refractivity contribution in [2.75, 3.05) is 30.3 Å². The molecule has 0 amide bonds. The number of nitrogens with two attached hydrogens (primary N) is 2. The molecule has 0 spiro atoms. The normalized spacial score (nSPS) is 16.0. The lowest BCUT2D eigenvalue weighted by molar-refractivity contribution is 0.0989. The van der Waals surface area contributed by atoms with Gasteiger partial charge in [-0.05, 0) is 44.0 Å². The van der Waals surface area contributed by atoms with E-state index in [9.17, 15) is 9.18 Å². The van der Waals surface area contributed by atoms with Crippen molar-refractivity contribution in [3.63, 3.8) is 0 Å². The van der Waals surface area contributed by atoms with Crippen LogP contribution < -0.4 is 21.1 Å². The van der Waals surface area contributed by atoms with Crippen LogP contribution in [0.2, 0.25) is 0 Å². The number of piperidine rings is 1. The van der Waals surface area contributed by atoms with Gasteiger partial charge in [0.1, 0.15) is 17.3 Å². The van der Waals surface area contributed by atoms with Crippen molar-refractivity contribution in [2.24, 2.45) is 5.73 Å². The fourth-order valence-corrected chi connectivity index (χ4v) is 4.03. The highest BCUT2D eigenvalue weighted by Gasteiger charge is 2.22. The molecule has 1 atom stereocenters. The predicted octanol–water partition coefficient (Wildman–Crippen LogP) is 3.01. The van der Waals surface area contributed by atoms with Gasteiger partial charge in [0.15, 0.2) is 11.6 Å². The molecule has 4 N–H and O–H groups in total. The number of carbonyl (C=O) groups is 1. The number of halogens is 1. The second-order valence-electron chi connectivity index (χ2n) is 8.02. The lowest BCUT2D eigenvalue weighted by atomic mass is 10.0. The largest absolute Gasteiger partial charge is 0.494 e. The van der Waals surface area contributed by atoms with Gasteiger partial charge in [0.2, 0.25) is 0 Å². The van der Waals surface area contributed by atoms with Crippen LogP contribution in [0.5, 0.6) is 5.75 Å². The first-order valence-electron chi connectivity index (χ1n) is 11.0. The average Bonchev–Trinajstić information content (AvgIpc) is 2.81. The van der Waals surface area contributed by atoms with Gasteiger partial charge in [-0.2, -0.15) is 0 Å². The second kappa shape index (κ2) is 9.91. The van der Waals surface area contributed by atoms with E-state index in [1.54, 1.807) is 12.4 Å². The van der Waals surface area contributed by atoms with Crippen LogP contribution in [-0.2, 0) is 6.42 Å². The van der Waals surface area contributed by atoms with E-state index in [4.69, 9.17) is 16.2 Å². The first-order chi connectivity index (χ1) is 16.0. The number of aromatic nitrogens is 3. The Morgan fingerprint density at radius 2 is 2.15 bits per heavy atom. The zero-order chi connectivity index (χ0) is 23.4. The molecule has 172 valence electrons. The van der Waals surface area contributed by atoms with E-state index in [1.165, 1.54) is 24.4 Å². The number of Topliss-reactive ketones (excluding diaryl/α,β-unsaturated/α-hetero) is 1. The summed E-state index contributed by atoms with van der Waals surface area (Å²) >= 11 is 0. The summed E-state index contributed by atoms with van der Waals surface area (Å²) in [5, 5.41) is 0. The fraction of sp³-hybridized carbons (Fsp3) is 0.333. The van der Waals surface area contributed by atoms with Crippen molar-refractivity contribution >= 4 is 17.2 Å². The maximum Gasteiger partial charge on any atom is 0.187 e. The van der Waals surface area contributed by atoms with Crippen LogP contribution in [0.25, 0.3) is 11.4 Å². The summed E-state index contributed by atoms with van der Waals surface area (Å²) in [4.78, 5) is 28.1. The standard InChI is InChI=1S/C24H27FN6O2/c1-2-33-17-5-6-19(25)18(11-17)24-29-13-20(27)23(30-24)22(32)10-15-12-28-8-7-21(15)31-9-3-4-16(26)14-31/h5-8,11-13,16H,2-4,9-10,14,26-27H2,1H3/t16-/m0/s1. The van der Waals surface area contributed by atoms with Gasteiger partial charge in [-0.15, -0.1) is 0 Å². The maximum absolute atomic E-state index is 14.5. The van der Waals surface area contributed by atoms with Crippen molar-refractivity contribution in [1.82, 2.24) is 15.0 Å². The molecule has 4 rings (SSSR count). The number of pyridine rings is 1. The molecule has 0 unspecified atom stereocenters. The first kappa shape index (κ1) is 22.6. The number of hydrogen-bond donors (Lipinski definition) is 2. The summed E-state index contributed by atoms with van der Waals surface area (Å²) in [5.41, 5.74) is 14.2. The summed E-state index contributed by atoms with van der Waals surface area (Å²) in [7, 11) is 0. The van der Waals surface area contributed by atoms with E-state index >= 15 is 0 Å². The third kappa shape index (κ3) is 5.09. The molecule has 1 aliphatic rings. The van der Waals surface area contributed by atoms with Gasteiger partial charge < -0.3 is 21.1 Å². The summed E-state index contributed by atoms with van der Waals surface area (Å²) in [6, 6.07) is 6.31. The number of nitrogens with zero attached hydrogens (tertiary/aromatic N) is 4. The number of benzene rings is 1. The molecule has 9 heteroatoms. The lowest BCUT2D eigenvalue weighted by Gasteiger charge is -2.33. The minimum atomic E-state index is -0.516. The number of anilines is 2. The Morgan fingerprint density at radius 3 is 2.94 bits per heavy atom. The summed E-state index contributed by atoms with van der Waals surface area (Å²) in [6.45, 7) is 3.87. The van der Waals surface area contributed by atoms with Crippen LogP contribution in [-0.4, -0.2) is 46.5 Å². The molecule has 3 aromatic rings. The third-order valence-electron chi connectivity index (χ3n) is 5.60.